The fourth-order valence-corrected chi connectivity index (χ4v) is 4.84. The van der Waals surface area contributed by atoms with E-state index in [1.807, 2.05) is 11.0 Å². The number of likely N-dealkylation sites (tertiary alicyclic amines) is 1. The molecule has 1 aliphatic heterocycles. The third-order valence-corrected chi connectivity index (χ3v) is 6.36. The molecule has 0 atom stereocenters. The van der Waals surface area contributed by atoms with E-state index in [0.29, 0.717) is 24.0 Å². The fourth-order valence-electron chi connectivity index (χ4n) is 3.69. The van der Waals surface area contributed by atoms with Gasteiger partial charge in [-0.05, 0) is 36.4 Å². The molecule has 126 valence electrons. The maximum Gasteiger partial charge on any atom is 0.234 e. The molecule has 0 N–H and O–H groups in total. The SMILES string of the molecule is O=C(N1CC(Oc2ncccc2Cl)C1)C1(c2cccs2)CCCC1. The number of thiophene rings is 1. The van der Waals surface area contributed by atoms with E-state index >= 15 is 0 Å². The molecule has 1 saturated heterocycles. The first-order chi connectivity index (χ1) is 11.7. The van der Waals surface area contributed by atoms with Crippen molar-refractivity contribution >= 4 is 28.8 Å². The lowest BCUT2D eigenvalue weighted by Gasteiger charge is -2.43. The Morgan fingerprint density at radius 1 is 1.29 bits per heavy atom. The van der Waals surface area contributed by atoms with Crippen molar-refractivity contribution < 1.29 is 9.53 Å². The summed E-state index contributed by atoms with van der Waals surface area (Å²) in [5.41, 5.74) is -0.304. The first-order valence-electron chi connectivity index (χ1n) is 8.29. The van der Waals surface area contributed by atoms with Gasteiger partial charge in [0.05, 0.1) is 18.5 Å². The lowest BCUT2D eigenvalue weighted by Crippen LogP contribution is -2.60. The molecule has 0 unspecified atom stereocenters. The van der Waals surface area contributed by atoms with Gasteiger partial charge in [0.15, 0.2) is 0 Å². The number of hydrogen-bond donors (Lipinski definition) is 0. The number of amides is 1. The van der Waals surface area contributed by atoms with Crippen molar-refractivity contribution in [1.82, 2.24) is 9.88 Å². The zero-order valence-electron chi connectivity index (χ0n) is 13.3. The first kappa shape index (κ1) is 15.9. The molecule has 1 aliphatic carbocycles. The van der Waals surface area contributed by atoms with Crippen LogP contribution in [0.1, 0.15) is 30.6 Å². The molecular formula is C18H19ClN2O2S. The van der Waals surface area contributed by atoms with E-state index in [-0.39, 0.29) is 17.4 Å². The molecule has 2 aliphatic rings. The highest BCUT2D eigenvalue weighted by Gasteiger charge is 2.48. The van der Waals surface area contributed by atoms with Crippen molar-refractivity contribution in [3.05, 3.63) is 45.7 Å². The van der Waals surface area contributed by atoms with Crippen molar-refractivity contribution in [2.75, 3.05) is 13.1 Å². The molecule has 0 aromatic carbocycles. The number of aromatic nitrogens is 1. The number of ether oxygens (including phenoxy) is 1. The summed E-state index contributed by atoms with van der Waals surface area (Å²) in [6.45, 7) is 1.22. The second-order valence-electron chi connectivity index (χ2n) is 6.51. The highest BCUT2D eigenvalue weighted by atomic mass is 35.5. The van der Waals surface area contributed by atoms with Crippen LogP contribution in [0.15, 0.2) is 35.8 Å². The van der Waals surface area contributed by atoms with Crippen LogP contribution in [0.3, 0.4) is 0 Å². The van der Waals surface area contributed by atoms with E-state index in [4.69, 9.17) is 16.3 Å². The number of pyridine rings is 1. The normalized spacial score (nSPS) is 20.0. The van der Waals surface area contributed by atoms with Crippen LogP contribution in [0, 0.1) is 0 Å². The maximum atomic E-state index is 13.1. The van der Waals surface area contributed by atoms with Crippen LogP contribution in [-0.2, 0) is 10.2 Å². The zero-order valence-corrected chi connectivity index (χ0v) is 14.9. The number of hydrogen-bond acceptors (Lipinski definition) is 4. The minimum Gasteiger partial charge on any atom is -0.470 e. The quantitative estimate of drug-likeness (QED) is 0.828. The smallest absolute Gasteiger partial charge is 0.234 e. The molecular weight excluding hydrogens is 344 g/mol. The number of rotatable bonds is 4. The summed E-state index contributed by atoms with van der Waals surface area (Å²) in [4.78, 5) is 20.4. The van der Waals surface area contributed by atoms with Crippen molar-refractivity contribution in [2.45, 2.75) is 37.2 Å². The van der Waals surface area contributed by atoms with Crippen LogP contribution in [0.5, 0.6) is 5.88 Å². The average Bonchev–Trinajstić information content (AvgIpc) is 3.23. The third-order valence-electron chi connectivity index (χ3n) is 5.00. The summed E-state index contributed by atoms with van der Waals surface area (Å²) < 4.78 is 5.81. The number of carbonyl (C=O) groups excluding carboxylic acids is 1. The van der Waals surface area contributed by atoms with Gasteiger partial charge in [-0.1, -0.05) is 30.5 Å². The predicted octanol–water partition coefficient (Wildman–Crippen LogP) is 3.90. The van der Waals surface area contributed by atoms with Crippen LogP contribution in [0.25, 0.3) is 0 Å². The molecule has 1 saturated carbocycles. The summed E-state index contributed by atoms with van der Waals surface area (Å²) >= 11 is 7.77. The third kappa shape index (κ3) is 2.70. The fraction of sp³-hybridized carbons (Fsp3) is 0.444. The van der Waals surface area contributed by atoms with Crippen LogP contribution >= 0.6 is 22.9 Å². The van der Waals surface area contributed by atoms with Gasteiger partial charge in [-0.3, -0.25) is 4.79 Å². The Labute approximate surface area is 150 Å². The Bertz CT molecular complexity index is 722. The molecule has 0 bridgehead atoms. The number of nitrogens with zero attached hydrogens (tertiary/aromatic N) is 2. The molecule has 2 aromatic rings. The summed E-state index contributed by atoms with van der Waals surface area (Å²) in [5, 5.41) is 2.57. The molecule has 2 aromatic heterocycles. The van der Waals surface area contributed by atoms with Gasteiger partial charge in [-0.25, -0.2) is 4.98 Å². The second kappa shape index (κ2) is 6.37. The average molecular weight is 363 g/mol. The number of halogens is 1. The minimum absolute atomic E-state index is 0.0249. The number of carbonyl (C=O) groups is 1. The topological polar surface area (TPSA) is 42.4 Å². The lowest BCUT2D eigenvalue weighted by molar-refractivity contribution is -0.146. The minimum atomic E-state index is -0.304. The second-order valence-corrected chi connectivity index (χ2v) is 7.86. The Balaban J connectivity index is 1.43. The molecule has 6 heteroatoms. The van der Waals surface area contributed by atoms with Crippen LogP contribution in [0.4, 0.5) is 0 Å². The monoisotopic (exact) mass is 362 g/mol. The predicted molar refractivity (Wildman–Crippen MR) is 94.7 cm³/mol. The zero-order chi connectivity index (χ0) is 16.6. The van der Waals surface area contributed by atoms with Crippen molar-refractivity contribution in [2.24, 2.45) is 0 Å². The summed E-state index contributed by atoms with van der Waals surface area (Å²) in [5.74, 6) is 0.708. The summed E-state index contributed by atoms with van der Waals surface area (Å²) in [7, 11) is 0. The Morgan fingerprint density at radius 3 is 2.75 bits per heavy atom. The molecule has 4 nitrogen and oxygen atoms in total. The van der Waals surface area contributed by atoms with Gasteiger partial charge in [-0.2, -0.15) is 0 Å². The molecule has 24 heavy (non-hydrogen) atoms. The molecule has 2 fully saturated rings. The van der Waals surface area contributed by atoms with E-state index in [0.717, 1.165) is 25.7 Å². The molecule has 3 heterocycles. The Hall–Kier alpha value is -1.59. The molecule has 0 radical (unpaired) electrons. The van der Waals surface area contributed by atoms with Crippen LogP contribution in [0.2, 0.25) is 5.02 Å². The van der Waals surface area contributed by atoms with Gasteiger partial charge in [0.1, 0.15) is 11.1 Å². The lowest BCUT2D eigenvalue weighted by atomic mass is 9.82. The van der Waals surface area contributed by atoms with Crippen molar-refractivity contribution in [1.29, 1.82) is 0 Å². The summed E-state index contributed by atoms with van der Waals surface area (Å²) in [6, 6.07) is 7.68. The Morgan fingerprint density at radius 2 is 2.08 bits per heavy atom. The molecule has 4 rings (SSSR count). The van der Waals surface area contributed by atoms with Gasteiger partial charge in [0.2, 0.25) is 11.8 Å². The van der Waals surface area contributed by atoms with Crippen molar-refractivity contribution in [3.63, 3.8) is 0 Å². The van der Waals surface area contributed by atoms with E-state index in [1.54, 1.807) is 29.7 Å². The summed E-state index contributed by atoms with van der Waals surface area (Å²) in [6.07, 6.45) is 5.80. The highest BCUT2D eigenvalue weighted by Crippen LogP contribution is 2.45. The first-order valence-corrected chi connectivity index (χ1v) is 9.55. The van der Waals surface area contributed by atoms with E-state index < -0.39 is 0 Å². The molecule has 1 amide bonds. The van der Waals surface area contributed by atoms with Gasteiger partial charge in [0, 0.05) is 11.1 Å². The largest absolute Gasteiger partial charge is 0.470 e. The van der Waals surface area contributed by atoms with E-state index in [2.05, 4.69) is 16.4 Å². The van der Waals surface area contributed by atoms with Crippen LogP contribution in [-0.4, -0.2) is 35.0 Å². The maximum absolute atomic E-state index is 13.1. The highest BCUT2D eigenvalue weighted by molar-refractivity contribution is 7.10. The van der Waals surface area contributed by atoms with Gasteiger partial charge < -0.3 is 9.64 Å². The molecule has 0 spiro atoms. The van der Waals surface area contributed by atoms with Gasteiger partial charge in [-0.15, -0.1) is 11.3 Å². The standard InChI is InChI=1S/C18H19ClN2O2S/c19-14-5-3-9-20-16(14)23-13-11-21(12-13)17(22)18(7-1-2-8-18)15-6-4-10-24-15/h3-6,9-10,13H,1-2,7-8,11-12H2. The van der Waals surface area contributed by atoms with E-state index in [9.17, 15) is 4.79 Å². The van der Waals surface area contributed by atoms with Gasteiger partial charge in [0.25, 0.3) is 0 Å². The van der Waals surface area contributed by atoms with Crippen molar-refractivity contribution in [3.8, 4) is 5.88 Å². The van der Waals surface area contributed by atoms with E-state index in [1.165, 1.54) is 4.88 Å². The Kier molecular flexibility index (Phi) is 4.22. The van der Waals surface area contributed by atoms with Crippen LogP contribution < -0.4 is 4.74 Å². The van der Waals surface area contributed by atoms with Gasteiger partial charge >= 0.3 is 0 Å².